The molecule has 4 N–H and O–H groups in total. The van der Waals surface area contributed by atoms with Gasteiger partial charge in [-0.2, -0.15) is 0 Å². The summed E-state index contributed by atoms with van der Waals surface area (Å²) >= 11 is 0. The average molecular weight is 611 g/mol. The van der Waals surface area contributed by atoms with E-state index >= 15 is 0 Å². The molecule has 0 radical (unpaired) electrons. The molecule has 4 amide bonds. The molecule has 0 bridgehead atoms. The van der Waals surface area contributed by atoms with E-state index in [-0.39, 0.29) is 31.2 Å². The Kier molecular flexibility index (Phi) is 9.32. The minimum absolute atomic E-state index is 0.0531. The summed E-state index contributed by atoms with van der Waals surface area (Å²) in [4.78, 5) is 55.3. The van der Waals surface area contributed by atoms with Crippen LogP contribution >= 0.6 is 0 Å². The maximum Gasteiger partial charge on any atom is 0.408 e. The molecule has 236 valence electrons. The Bertz CT molecular complexity index is 1210. The van der Waals surface area contributed by atoms with Gasteiger partial charge in [0.25, 0.3) is 5.91 Å². The summed E-state index contributed by atoms with van der Waals surface area (Å²) in [5, 5.41) is 15.5. The minimum Gasteiger partial charge on any atom is -0.444 e. The van der Waals surface area contributed by atoms with Crippen LogP contribution in [0.5, 0.6) is 0 Å². The predicted octanol–water partition coefficient (Wildman–Crippen LogP) is 1.73. The Morgan fingerprint density at radius 1 is 1.19 bits per heavy atom. The Balaban J connectivity index is 1.65. The summed E-state index contributed by atoms with van der Waals surface area (Å²) in [5.74, 6) is -2.42. The van der Waals surface area contributed by atoms with E-state index in [9.17, 15) is 32.7 Å². The molecule has 2 saturated carbocycles. The van der Waals surface area contributed by atoms with Crippen LogP contribution in [0.4, 0.5) is 4.79 Å². The number of amides is 4. The van der Waals surface area contributed by atoms with Crippen molar-refractivity contribution in [2.45, 2.75) is 121 Å². The lowest BCUT2D eigenvalue weighted by Crippen LogP contribution is -2.59. The lowest BCUT2D eigenvalue weighted by Gasteiger charge is -2.34. The number of carbonyl (C=O) groups is 4. The number of allylic oxidation sites excluding steroid dienone is 1. The highest BCUT2D eigenvalue weighted by Crippen LogP contribution is 2.46. The summed E-state index contributed by atoms with van der Waals surface area (Å²) in [7, 11) is -3.85. The van der Waals surface area contributed by atoms with Gasteiger partial charge < -0.3 is 25.4 Å². The lowest BCUT2D eigenvalue weighted by atomic mass is 9.85. The van der Waals surface area contributed by atoms with Gasteiger partial charge in [0.05, 0.1) is 11.4 Å². The van der Waals surface area contributed by atoms with E-state index in [2.05, 4.69) is 22.3 Å². The van der Waals surface area contributed by atoms with Gasteiger partial charge >= 0.3 is 6.09 Å². The van der Waals surface area contributed by atoms with E-state index in [1.54, 1.807) is 20.8 Å². The van der Waals surface area contributed by atoms with Crippen molar-refractivity contribution in [2.75, 3.05) is 6.54 Å². The lowest BCUT2D eigenvalue weighted by molar-refractivity contribution is -0.142. The van der Waals surface area contributed by atoms with Gasteiger partial charge in [-0.05, 0) is 71.1 Å². The molecule has 1 saturated heterocycles. The molecule has 0 unspecified atom stereocenters. The molecule has 3 fully saturated rings. The first kappa shape index (κ1) is 32.2. The molecule has 42 heavy (non-hydrogen) atoms. The second kappa shape index (κ2) is 12.1. The second-order valence-corrected chi connectivity index (χ2v) is 15.4. The van der Waals surface area contributed by atoms with Crippen LogP contribution in [0.3, 0.4) is 0 Å². The quantitative estimate of drug-likeness (QED) is 0.341. The first-order valence-electron chi connectivity index (χ1n) is 15.1. The van der Waals surface area contributed by atoms with Crippen LogP contribution in [-0.2, 0) is 29.1 Å². The monoisotopic (exact) mass is 610 g/mol. The number of sulfonamides is 1. The van der Waals surface area contributed by atoms with Gasteiger partial charge in [0.2, 0.25) is 21.8 Å². The molecule has 7 atom stereocenters. The van der Waals surface area contributed by atoms with Crippen LogP contribution in [-0.4, -0.2) is 83.4 Å². The maximum atomic E-state index is 14.1. The summed E-state index contributed by atoms with van der Waals surface area (Å²) in [6, 6.07) is -2.10. The Hall–Kier alpha value is -2.67. The fraction of sp³-hybridized carbons (Fsp3) is 0.793. The zero-order valence-electron chi connectivity index (χ0n) is 25.2. The second-order valence-electron chi connectivity index (χ2n) is 13.5. The number of alkyl carbamates (subject to hydrolysis) is 1. The third kappa shape index (κ3) is 7.45. The number of fused-ring (bicyclic) bond motifs is 2. The molecule has 0 aromatic heterocycles. The Morgan fingerprint density at radius 3 is 2.50 bits per heavy atom. The average Bonchev–Trinajstić information content (AvgIpc) is 3.80. The van der Waals surface area contributed by atoms with Crippen molar-refractivity contribution in [1.82, 2.24) is 20.3 Å². The zero-order chi connectivity index (χ0) is 31.0. The van der Waals surface area contributed by atoms with Crippen molar-refractivity contribution in [3.63, 3.8) is 0 Å². The molecule has 4 aliphatic rings. The number of ether oxygens (including phenoxy) is 1. The fourth-order valence-corrected chi connectivity index (χ4v) is 7.45. The topological polar surface area (TPSA) is 171 Å². The van der Waals surface area contributed by atoms with Crippen LogP contribution in [0.1, 0.15) is 86.0 Å². The van der Waals surface area contributed by atoms with Crippen LogP contribution < -0.4 is 15.4 Å². The van der Waals surface area contributed by atoms with Crippen molar-refractivity contribution in [2.24, 2.45) is 17.8 Å². The molecule has 12 nitrogen and oxygen atoms in total. The molecular weight excluding hydrogens is 564 g/mol. The van der Waals surface area contributed by atoms with Crippen LogP contribution in [0.15, 0.2) is 12.2 Å². The predicted molar refractivity (Wildman–Crippen MR) is 154 cm³/mol. The van der Waals surface area contributed by atoms with E-state index in [1.165, 1.54) is 4.90 Å². The molecule has 0 aromatic carbocycles. The Labute approximate surface area is 248 Å². The van der Waals surface area contributed by atoms with Gasteiger partial charge in [-0.25, -0.2) is 13.2 Å². The third-order valence-corrected chi connectivity index (χ3v) is 10.5. The summed E-state index contributed by atoms with van der Waals surface area (Å²) < 4.78 is 32.8. The molecule has 2 aliphatic carbocycles. The number of nitrogens with one attached hydrogen (secondary N) is 3. The maximum absolute atomic E-state index is 14.1. The summed E-state index contributed by atoms with van der Waals surface area (Å²) in [5.41, 5.74) is -2.26. The molecular formula is C29H46N4O8S. The highest BCUT2D eigenvalue weighted by molar-refractivity contribution is 7.91. The first-order valence-corrected chi connectivity index (χ1v) is 16.6. The fourth-order valence-electron chi connectivity index (χ4n) is 6.08. The van der Waals surface area contributed by atoms with E-state index in [1.807, 2.05) is 19.1 Å². The largest absolute Gasteiger partial charge is 0.444 e. The van der Waals surface area contributed by atoms with Gasteiger partial charge in [-0.1, -0.05) is 32.4 Å². The number of nitrogens with zero attached hydrogens (tertiary/aromatic N) is 1. The van der Waals surface area contributed by atoms with Crippen molar-refractivity contribution in [3.05, 3.63) is 12.2 Å². The summed E-state index contributed by atoms with van der Waals surface area (Å²) in [6.45, 7) is 9.08. The first-order chi connectivity index (χ1) is 19.6. The number of carbonyl (C=O) groups excluding carboxylic acids is 4. The number of aliphatic hydroxyl groups is 1. The normalized spacial score (nSPS) is 35.0. The van der Waals surface area contributed by atoms with Crippen molar-refractivity contribution in [1.29, 1.82) is 0 Å². The zero-order valence-corrected chi connectivity index (χ0v) is 26.0. The van der Waals surface area contributed by atoms with E-state index in [4.69, 9.17) is 4.74 Å². The van der Waals surface area contributed by atoms with Crippen LogP contribution in [0.2, 0.25) is 0 Å². The van der Waals surface area contributed by atoms with Crippen LogP contribution in [0, 0.1) is 17.8 Å². The number of aliphatic hydroxyl groups excluding tert-OH is 1. The standard InChI is InChI=1S/C29H46N4O8S/c1-6-18-13-17(2)9-7-8-10-19-15-29(19,26(37)32-42(39,40)21-11-12-21)31-24(35)22-14-20(34)16-33(22)25(36)23(18)30-27(38)41-28(3,4)5/h8,10,17-23,34H,6-7,9,11-16H2,1-5H3,(H,30,38)(H,31,35)(H,32,37)/b10-8-/t17-,18-,19-,20-,22+,23+,29-/m1/s1. The van der Waals surface area contributed by atoms with Gasteiger partial charge in [0.1, 0.15) is 23.2 Å². The van der Waals surface area contributed by atoms with Gasteiger partial charge in [-0.3, -0.25) is 19.1 Å². The van der Waals surface area contributed by atoms with Gasteiger partial charge in [-0.15, -0.1) is 0 Å². The Morgan fingerprint density at radius 2 is 1.88 bits per heavy atom. The molecule has 2 aliphatic heterocycles. The van der Waals surface area contributed by atoms with Gasteiger partial charge in [0.15, 0.2) is 0 Å². The molecule has 0 aromatic rings. The van der Waals surface area contributed by atoms with E-state index in [0.29, 0.717) is 32.1 Å². The van der Waals surface area contributed by atoms with Gasteiger partial charge in [0, 0.05) is 18.9 Å². The van der Waals surface area contributed by atoms with Crippen molar-refractivity contribution >= 4 is 33.8 Å². The molecule has 0 spiro atoms. The summed E-state index contributed by atoms with van der Waals surface area (Å²) in [6.07, 6.45) is 5.91. The highest BCUT2D eigenvalue weighted by Gasteiger charge is 2.62. The minimum atomic E-state index is -3.85. The number of rotatable bonds is 5. The SMILES string of the molecule is CC[C@@H]1C[C@H](C)CC/C=C\[C@@H]2C[C@@]2(C(=O)NS(=O)(=O)C2CC2)NC(=O)[C@@H]2C[C@@H](O)CN2C(=O)[C@H]1NC(=O)OC(C)(C)C. The molecule has 13 heteroatoms. The van der Waals surface area contributed by atoms with E-state index in [0.717, 1.165) is 6.42 Å². The van der Waals surface area contributed by atoms with E-state index < -0.39 is 74.3 Å². The van der Waals surface area contributed by atoms with Crippen LogP contribution in [0.25, 0.3) is 0 Å². The molecule has 2 heterocycles. The van der Waals surface area contributed by atoms with Crippen molar-refractivity contribution < 1.29 is 37.4 Å². The van der Waals surface area contributed by atoms with Crippen molar-refractivity contribution in [3.8, 4) is 0 Å². The highest BCUT2D eigenvalue weighted by atomic mass is 32.2. The number of hydrogen-bond donors (Lipinski definition) is 4. The molecule has 4 rings (SSSR count). The third-order valence-electron chi connectivity index (χ3n) is 8.66. The smallest absolute Gasteiger partial charge is 0.408 e. The number of hydrogen-bond acceptors (Lipinski definition) is 8.